The SMILES string of the molecule is Nc1nc[nH]c(=O)c1N=Cc1ccc(N(CCCl)CCCl)cc1. The van der Waals surface area contributed by atoms with Crippen LogP contribution in [0.15, 0.2) is 40.4 Å². The van der Waals surface area contributed by atoms with Gasteiger partial charge in [0, 0.05) is 36.8 Å². The van der Waals surface area contributed by atoms with Crippen molar-refractivity contribution in [2.24, 2.45) is 4.99 Å². The smallest absolute Gasteiger partial charge is 0.278 e. The number of hydrogen-bond acceptors (Lipinski definition) is 5. The van der Waals surface area contributed by atoms with Gasteiger partial charge in [-0.05, 0) is 17.7 Å². The van der Waals surface area contributed by atoms with Crippen molar-refractivity contribution < 1.29 is 0 Å². The van der Waals surface area contributed by atoms with Crippen LogP contribution in [0.2, 0.25) is 0 Å². The molecule has 122 valence electrons. The van der Waals surface area contributed by atoms with Crippen molar-refractivity contribution in [3.8, 4) is 0 Å². The first kappa shape index (κ1) is 17.3. The molecule has 0 bridgehead atoms. The van der Waals surface area contributed by atoms with Gasteiger partial charge in [-0.3, -0.25) is 4.79 Å². The Hall–Kier alpha value is -2.05. The molecule has 0 radical (unpaired) electrons. The molecule has 0 spiro atoms. The molecule has 0 amide bonds. The molecule has 23 heavy (non-hydrogen) atoms. The van der Waals surface area contributed by atoms with Gasteiger partial charge in [-0.15, -0.1) is 23.2 Å². The summed E-state index contributed by atoms with van der Waals surface area (Å²) in [5.74, 6) is 1.16. The molecule has 8 heteroatoms. The number of H-pyrrole nitrogens is 1. The van der Waals surface area contributed by atoms with Crippen molar-refractivity contribution >= 4 is 46.6 Å². The highest BCUT2D eigenvalue weighted by Gasteiger charge is 2.05. The number of aliphatic imine (C=N–C) groups is 1. The molecule has 0 atom stereocenters. The number of aromatic amines is 1. The molecule has 6 nitrogen and oxygen atoms in total. The van der Waals surface area contributed by atoms with Gasteiger partial charge in [-0.2, -0.15) is 0 Å². The highest BCUT2D eigenvalue weighted by molar-refractivity contribution is 6.18. The molecule has 2 aromatic rings. The molecule has 2 rings (SSSR count). The number of nitrogen functional groups attached to an aromatic ring is 1. The Bertz CT molecular complexity index is 709. The summed E-state index contributed by atoms with van der Waals surface area (Å²) in [6, 6.07) is 7.71. The Kier molecular flexibility index (Phi) is 6.43. The van der Waals surface area contributed by atoms with Gasteiger partial charge in [-0.25, -0.2) is 9.98 Å². The zero-order valence-electron chi connectivity index (χ0n) is 12.4. The molecule has 1 aromatic carbocycles. The van der Waals surface area contributed by atoms with Crippen LogP contribution in [0.4, 0.5) is 17.2 Å². The molecular formula is C15H17Cl2N5O. The number of rotatable bonds is 7. The van der Waals surface area contributed by atoms with Crippen molar-refractivity contribution in [3.05, 3.63) is 46.5 Å². The van der Waals surface area contributed by atoms with Gasteiger partial charge >= 0.3 is 0 Å². The van der Waals surface area contributed by atoms with E-state index in [9.17, 15) is 4.79 Å². The molecular weight excluding hydrogens is 337 g/mol. The van der Waals surface area contributed by atoms with Crippen LogP contribution in [0.3, 0.4) is 0 Å². The van der Waals surface area contributed by atoms with Gasteiger partial charge in [0.25, 0.3) is 5.56 Å². The molecule has 0 saturated heterocycles. The third-order valence-electron chi connectivity index (χ3n) is 3.17. The Labute approximate surface area is 144 Å². The van der Waals surface area contributed by atoms with E-state index >= 15 is 0 Å². The summed E-state index contributed by atoms with van der Waals surface area (Å²) in [6.45, 7) is 1.45. The van der Waals surface area contributed by atoms with E-state index in [1.807, 2.05) is 24.3 Å². The Balaban J connectivity index is 2.16. The average molecular weight is 354 g/mol. The lowest BCUT2D eigenvalue weighted by atomic mass is 10.2. The van der Waals surface area contributed by atoms with Gasteiger partial charge < -0.3 is 15.6 Å². The van der Waals surface area contributed by atoms with Crippen LogP contribution in [0.5, 0.6) is 0 Å². The Morgan fingerprint density at radius 1 is 1.22 bits per heavy atom. The molecule has 0 saturated carbocycles. The molecule has 3 N–H and O–H groups in total. The monoisotopic (exact) mass is 353 g/mol. The van der Waals surface area contributed by atoms with Crippen LogP contribution >= 0.6 is 23.2 Å². The quantitative estimate of drug-likeness (QED) is 0.590. The molecule has 0 aliphatic carbocycles. The summed E-state index contributed by atoms with van der Waals surface area (Å²) >= 11 is 11.6. The maximum absolute atomic E-state index is 11.6. The summed E-state index contributed by atoms with van der Waals surface area (Å²) in [5, 5.41) is 0. The number of halogens is 2. The number of alkyl halides is 2. The molecule has 0 unspecified atom stereocenters. The average Bonchev–Trinajstić information content (AvgIpc) is 2.55. The van der Waals surface area contributed by atoms with Crippen molar-refractivity contribution in [2.45, 2.75) is 0 Å². The summed E-state index contributed by atoms with van der Waals surface area (Å²) in [5.41, 5.74) is 7.24. The Morgan fingerprint density at radius 3 is 2.43 bits per heavy atom. The maximum Gasteiger partial charge on any atom is 0.278 e. The lowest BCUT2D eigenvalue weighted by molar-refractivity contribution is 0.874. The zero-order chi connectivity index (χ0) is 16.7. The normalized spacial score (nSPS) is 11.0. The standard InChI is InChI=1S/C15H17Cl2N5O/c16-5-7-22(8-6-17)12-3-1-11(2-4-12)9-19-13-14(18)20-10-21-15(13)23/h1-4,9-10H,5-8H2,(H3,18,20,21,23). The third kappa shape index (κ3) is 4.71. The van der Waals surface area contributed by atoms with E-state index < -0.39 is 0 Å². The van der Waals surface area contributed by atoms with E-state index in [2.05, 4.69) is 19.9 Å². The van der Waals surface area contributed by atoms with Crippen molar-refractivity contribution in [2.75, 3.05) is 35.5 Å². The van der Waals surface area contributed by atoms with Crippen molar-refractivity contribution in [3.63, 3.8) is 0 Å². The fraction of sp³-hybridized carbons (Fsp3) is 0.267. The number of hydrogen-bond donors (Lipinski definition) is 2. The van der Waals surface area contributed by atoms with Gasteiger partial charge in [0.05, 0.1) is 6.33 Å². The minimum Gasteiger partial charge on any atom is -0.382 e. The van der Waals surface area contributed by atoms with Crippen LogP contribution < -0.4 is 16.2 Å². The second-order valence-corrected chi connectivity index (χ2v) is 5.44. The van der Waals surface area contributed by atoms with Gasteiger partial charge in [0.15, 0.2) is 11.5 Å². The van der Waals surface area contributed by atoms with Crippen LogP contribution in [0.25, 0.3) is 0 Å². The number of aromatic nitrogens is 2. The highest BCUT2D eigenvalue weighted by atomic mass is 35.5. The summed E-state index contributed by atoms with van der Waals surface area (Å²) < 4.78 is 0. The van der Waals surface area contributed by atoms with Crippen LogP contribution in [0, 0.1) is 0 Å². The first-order valence-corrected chi connectivity index (χ1v) is 8.06. The van der Waals surface area contributed by atoms with Crippen LogP contribution in [-0.4, -0.2) is 41.0 Å². The minimum absolute atomic E-state index is 0.0945. The van der Waals surface area contributed by atoms with Gasteiger partial charge in [0.2, 0.25) is 0 Å². The molecule has 0 aliphatic rings. The predicted molar refractivity (Wildman–Crippen MR) is 96.6 cm³/mol. The minimum atomic E-state index is -0.374. The lowest BCUT2D eigenvalue weighted by Crippen LogP contribution is -2.27. The van der Waals surface area contributed by atoms with Crippen LogP contribution in [0.1, 0.15) is 5.56 Å². The first-order chi connectivity index (χ1) is 11.2. The summed E-state index contributed by atoms with van der Waals surface area (Å²) in [6.07, 6.45) is 2.81. The molecule has 0 fully saturated rings. The van der Waals surface area contributed by atoms with E-state index in [-0.39, 0.29) is 17.1 Å². The molecule has 1 heterocycles. The highest BCUT2D eigenvalue weighted by Crippen LogP contribution is 2.16. The fourth-order valence-electron chi connectivity index (χ4n) is 2.02. The lowest BCUT2D eigenvalue weighted by Gasteiger charge is -2.22. The first-order valence-electron chi connectivity index (χ1n) is 7.00. The Morgan fingerprint density at radius 2 is 1.87 bits per heavy atom. The van der Waals surface area contributed by atoms with Crippen LogP contribution in [-0.2, 0) is 0 Å². The third-order valence-corrected chi connectivity index (χ3v) is 3.50. The molecule has 0 aliphatic heterocycles. The van der Waals surface area contributed by atoms with Gasteiger partial charge in [-0.1, -0.05) is 12.1 Å². The summed E-state index contributed by atoms with van der Waals surface area (Å²) in [7, 11) is 0. The summed E-state index contributed by atoms with van der Waals surface area (Å²) in [4.78, 5) is 24.1. The number of nitrogens with one attached hydrogen (secondary N) is 1. The van der Waals surface area contributed by atoms with E-state index in [1.54, 1.807) is 6.21 Å². The zero-order valence-corrected chi connectivity index (χ0v) is 13.9. The number of nitrogens with zero attached hydrogens (tertiary/aromatic N) is 3. The number of anilines is 2. The van der Waals surface area contributed by atoms with Crippen molar-refractivity contribution in [1.29, 1.82) is 0 Å². The van der Waals surface area contributed by atoms with E-state index in [4.69, 9.17) is 28.9 Å². The van der Waals surface area contributed by atoms with E-state index in [1.165, 1.54) is 6.33 Å². The van der Waals surface area contributed by atoms with E-state index in [0.29, 0.717) is 11.8 Å². The largest absolute Gasteiger partial charge is 0.382 e. The fourth-order valence-corrected chi connectivity index (χ4v) is 2.42. The second kappa shape index (κ2) is 8.55. The predicted octanol–water partition coefficient (Wildman–Crippen LogP) is 2.39. The molecule has 1 aromatic heterocycles. The number of nitrogens with two attached hydrogens (primary N) is 1. The second-order valence-electron chi connectivity index (χ2n) is 4.68. The van der Waals surface area contributed by atoms with Gasteiger partial charge in [0.1, 0.15) is 0 Å². The topological polar surface area (TPSA) is 87.4 Å². The van der Waals surface area contributed by atoms with Crippen molar-refractivity contribution in [1.82, 2.24) is 9.97 Å². The maximum atomic E-state index is 11.6. The van der Waals surface area contributed by atoms with E-state index in [0.717, 1.165) is 24.3 Å². The number of benzene rings is 1.